The van der Waals surface area contributed by atoms with Gasteiger partial charge < -0.3 is 4.74 Å². The molecule has 5 nitrogen and oxygen atoms in total. The maximum absolute atomic E-state index is 12.8. The summed E-state index contributed by atoms with van der Waals surface area (Å²) < 4.78 is 5.32. The predicted octanol–water partition coefficient (Wildman–Crippen LogP) is 4.36. The number of esters is 1. The van der Waals surface area contributed by atoms with Gasteiger partial charge in [-0.3, -0.25) is 9.69 Å². The van der Waals surface area contributed by atoms with Gasteiger partial charge in [-0.2, -0.15) is 0 Å². The van der Waals surface area contributed by atoms with Gasteiger partial charge in [-0.1, -0.05) is 69.5 Å². The number of thioether (sulfide) groups is 1. The number of allylic oxidation sites excluding steroid dienone is 1. The van der Waals surface area contributed by atoms with Crippen LogP contribution in [-0.4, -0.2) is 34.3 Å². The van der Waals surface area contributed by atoms with Gasteiger partial charge in [0.25, 0.3) is 0 Å². The first kappa shape index (κ1) is 20.4. The minimum Gasteiger partial charge on any atom is -0.458 e. The van der Waals surface area contributed by atoms with Crippen molar-refractivity contribution in [3.05, 3.63) is 59.3 Å². The van der Waals surface area contributed by atoms with E-state index in [4.69, 9.17) is 4.74 Å². The molecule has 0 bridgehead atoms. The van der Waals surface area contributed by atoms with Crippen molar-refractivity contribution in [1.82, 2.24) is 4.90 Å². The number of aliphatic imine (C=N–C) groups is 1. The summed E-state index contributed by atoms with van der Waals surface area (Å²) in [5.41, 5.74) is 3.08. The van der Waals surface area contributed by atoms with Crippen LogP contribution in [0.5, 0.6) is 0 Å². The fourth-order valence-electron chi connectivity index (χ4n) is 3.35. The van der Waals surface area contributed by atoms with E-state index >= 15 is 0 Å². The van der Waals surface area contributed by atoms with Crippen molar-refractivity contribution in [2.24, 2.45) is 4.99 Å². The van der Waals surface area contributed by atoms with Crippen LogP contribution in [0.1, 0.15) is 51.3 Å². The van der Waals surface area contributed by atoms with Crippen molar-refractivity contribution in [3.8, 4) is 0 Å². The van der Waals surface area contributed by atoms with Gasteiger partial charge in [-0.05, 0) is 23.5 Å². The maximum Gasteiger partial charge on any atom is 0.338 e. The molecule has 0 aromatic heterocycles. The Morgan fingerprint density at radius 1 is 1.36 bits per heavy atom. The molecule has 6 heteroatoms. The number of benzene rings is 1. The average molecular weight is 399 g/mol. The summed E-state index contributed by atoms with van der Waals surface area (Å²) in [4.78, 5) is 31.8. The van der Waals surface area contributed by atoms with Crippen LogP contribution >= 0.6 is 11.8 Å². The third kappa shape index (κ3) is 3.92. The number of amides is 1. The summed E-state index contributed by atoms with van der Waals surface area (Å²) in [6.07, 6.45) is 1.95. The molecule has 0 unspecified atom stereocenters. The smallest absolute Gasteiger partial charge is 0.338 e. The molecule has 1 saturated heterocycles. The lowest BCUT2D eigenvalue weighted by atomic mass is 9.85. The Morgan fingerprint density at radius 3 is 2.64 bits per heavy atom. The van der Waals surface area contributed by atoms with E-state index in [0.29, 0.717) is 28.6 Å². The quantitative estimate of drug-likeness (QED) is 0.558. The van der Waals surface area contributed by atoms with Gasteiger partial charge in [-0.25, -0.2) is 9.79 Å². The number of ether oxygens (including phenoxy) is 1. The molecule has 1 fully saturated rings. The molecular weight excluding hydrogens is 372 g/mol. The molecule has 0 aliphatic carbocycles. The van der Waals surface area contributed by atoms with Crippen LogP contribution in [-0.2, 0) is 19.7 Å². The number of fused-ring (bicyclic) bond motifs is 1. The molecule has 3 rings (SSSR count). The van der Waals surface area contributed by atoms with Gasteiger partial charge in [0.2, 0.25) is 5.91 Å². The Morgan fingerprint density at radius 2 is 2.04 bits per heavy atom. The molecule has 0 radical (unpaired) electrons. The number of hydrogen-bond acceptors (Lipinski definition) is 5. The molecular formula is C22H26N2O3S. The van der Waals surface area contributed by atoms with E-state index in [0.717, 1.165) is 5.56 Å². The summed E-state index contributed by atoms with van der Waals surface area (Å²) in [5.74, 6) is 0.213. The van der Waals surface area contributed by atoms with Crippen molar-refractivity contribution in [2.75, 3.05) is 12.4 Å². The van der Waals surface area contributed by atoms with E-state index in [1.54, 1.807) is 23.6 Å². The van der Waals surface area contributed by atoms with E-state index in [2.05, 4.69) is 44.5 Å². The average Bonchev–Trinajstić information content (AvgIpc) is 2.64. The molecule has 1 atom stereocenters. The normalized spacial score (nSPS) is 19.9. The lowest BCUT2D eigenvalue weighted by molar-refractivity contribution is -0.139. The van der Waals surface area contributed by atoms with Crippen LogP contribution in [0.15, 0.2) is 53.2 Å². The molecule has 148 valence electrons. The van der Waals surface area contributed by atoms with Crippen LogP contribution in [0.2, 0.25) is 0 Å². The fraction of sp³-hybridized carbons (Fsp3) is 0.409. The topological polar surface area (TPSA) is 59.0 Å². The molecule has 1 amide bonds. The van der Waals surface area contributed by atoms with Gasteiger partial charge >= 0.3 is 5.97 Å². The predicted molar refractivity (Wildman–Crippen MR) is 113 cm³/mol. The largest absolute Gasteiger partial charge is 0.458 e. The number of carbonyl (C=O) groups is 2. The Hall–Kier alpha value is -2.34. The molecule has 2 aliphatic heterocycles. The first-order valence-corrected chi connectivity index (χ1v) is 10.4. The molecule has 2 heterocycles. The van der Waals surface area contributed by atoms with E-state index in [1.807, 2.05) is 12.1 Å². The highest BCUT2D eigenvalue weighted by Crippen LogP contribution is 2.40. The van der Waals surface area contributed by atoms with Crippen LogP contribution < -0.4 is 0 Å². The van der Waals surface area contributed by atoms with Crippen LogP contribution in [0, 0.1) is 0 Å². The molecule has 0 saturated carbocycles. The summed E-state index contributed by atoms with van der Waals surface area (Å²) in [7, 11) is 0. The van der Waals surface area contributed by atoms with Gasteiger partial charge in [0.05, 0.1) is 17.3 Å². The lowest BCUT2D eigenvalue weighted by Crippen LogP contribution is -2.45. The highest BCUT2D eigenvalue weighted by atomic mass is 32.2. The minimum absolute atomic E-state index is 0.0198. The molecule has 2 aliphatic rings. The lowest BCUT2D eigenvalue weighted by Gasteiger charge is -2.39. The summed E-state index contributed by atoms with van der Waals surface area (Å²) in [6, 6.07) is 7.58. The maximum atomic E-state index is 12.8. The zero-order chi connectivity index (χ0) is 20.5. The first-order chi connectivity index (χ1) is 13.2. The Labute approximate surface area is 170 Å². The molecule has 28 heavy (non-hydrogen) atoms. The number of amidine groups is 1. The van der Waals surface area contributed by atoms with Crippen molar-refractivity contribution >= 4 is 28.8 Å². The Balaban J connectivity index is 2.09. The third-order valence-electron chi connectivity index (χ3n) is 4.85. The van der Waals surface area contributed by atoms with Crippen molar-refractivity contribution in [3.63, 3.8) is 0 Å². The van der Waals surface area contributed by atoms with Crippen LogP contribution in [0.4, 0.5) is 0 Å². The van der Waals surface area contributed by atoms with Crippen molar-refractivity contribution < 1.29 is 14.3 Å². The Kier molecular flexibility index (Phi) is 5.79. The van der Waals surface area contributed by atoms with E-state index in [1.165, 1.54) is 11.6 Å². The highest BCUT2D eigenvalue weighted by molar-refractivity contribution is 8.14. The van der Waals surface area contributed by atoms with Crippen LogP contribution in [0.3, 0.4) is 0 Å². The minimum atomic E-state index is -0.529. The van der Waals surface area contributed by atoms with E-state index < -0.39 is 12.0 Å². The fourth-order valence-corrected chi connectivity index (χ4v) is 4.36. The van der Waals surface area contributed by atoms with E-state index in [9.17, 15) is 9.59 Å². The third-order valence-corrected chi connectivity index (χ3v) is 5.81. The van der Waals surface area contributed by atoms with Gasteiger partial charge in [0.15, 0.2) is 5.17 Å². The number of rotatable bonds is 4. The van der Waals surface area contributed by atoms with Gasteiger partial charge in [0, 0.05) is 12.2 Å². The summed E-state index contributed by atoms with van der Waals surface area (Å²) in [6.45, 7) is 12.0. The van der Waals surface area contributed by atoms with Gasteiger partial charge in [-0.15, -0.1) is 0 Å². The number of carbonyl (C=O) groups excluding carboxylic acids is 2. The van der Waals surface area contributed by atoms with Crippen molar-refractivity contribution in [1.29, 1.82) is 0 Å². The molecule has 0 N–H and O–H groups in total. The molecule has 1 aromatic carbocycles. The Bertz CT molecular complexity index is 863. The zero-order valence-corrected chi connectivity index (χ0v) is 17.6. The molecule has 0 spiro atoms. The number of hydrogen-bond donors (Lipinski definition) is 0. The highest BCUT2D eigenvalue weighted by Gasteiger charge is 2.41. The van der Waals surface area contributed by atoms with Crippen molar-refractivity contribution in [2.45, 2.75) is 45.6 Å². The second-order valence-electron chi connectivity index (χ2n) is 7.92. The second kappa shape index (κ2) is 7.95. The first-order valence-electron chi connectivity index (χ1n) is 9.37. The second-order valence-corrected chi connectivity index (χ2v) is 8.98. The summed E-state index contributed by atoms with van der Waals surface area (Å²) >= 11 is 1.54. The van der Waals surface area contributed by atoms with E-state index in [-0.39, 0.29) is 17.9 Å². The summed E-state index contributed by atoms with van der Waals surface area (Å²) in [5, 5.41) is 0.652. The number of nitrogens with zero attached hydrogens (tertiary/aromatic N) is 2. The monoisotopic (exact) mass is 398 g/mol. The van der Waals surface area contributed by atoms with Gasteiger partial charge in [0.1, 0.15) is 6.61 Å². The van der Waals surface area contributed by atoms with Crippen LogP contribution in [0.25, 0.3) is 0 Å². The standard InChI is InChI=1S/C22H26N2O3S/c1-6-12-27-20(26)18-14(2)23-21-24(17(25)11-13-28-21)19(18)15-7-9-16(10-8-15)22(3,4)5/h6-10,19H,1,11-13H2,2-5H3/t19-/m1/s1. The molecule has 1 aromatic rings. The zero-order valence-electron chi connectivity index (χ0n) is 16.8. The SMILES string of the molecule is C=CCOC(=O)C1=C(C)N=C2SCCC(=O)N2[C@@H]1c1ccc(C(C)(C)C)cc1.